The minimum Gasteiger partial charge on any atom is -0.361 e. The first-order valence-electron chi connectivity index (χ1n) is 12.9. The zero-order valence-corrected chi connectivity index (χ0v) is 23.3. The molecule has 0 aliphatic heterocycles. The standard InChI is InChI=1S/C30H30ClN7O2/c1-30(2,3)38(26(39)19-37-35-28(34-36-37)21-13-15-22(31)16-14-21)27(24-18-32-25-12-8-7-11-23(24)25)29(40)33-17-20-9-5-4-6-10-20/h4-16,18,27,32H,17,19H2,1-3H3,(H,33,40). The van der Waals surface area contributed by atoms with Gasteiger partial charge in [-0.15, -0.1) is 10.2 Å². The van der Waals surface area contributed by atoms with Gasteiger partial charge in [0, 0.05) is 45.3 Å². The summed E-state index contributed by atoms with van der Waals surface area (Å²) in [5.41, 5.74) is 2.56. The second-order valence-electron chi connectivity index (χ2n) is 10.5. The summed E-state index contributed by atoms with van der Waals surface area (Å²) >= 11 is 6.00. The second-order valence-corrected chi connectivity index (χ2v) is 10.9. The third kappa shape index (κ3) is 5.89. The molecule has 0 spiro atoms. The maximum absolute atomic E-state index is 14.0. The minimum absolute atomic E-state index is 0.192. The quantitative estimate of drug-likeness (QED) is 0.275. The lowest BCUT2D eigenvalue weighted by atomic mass is 9.96. The molecule has 5 aromatic rings. The number of nitrogens with one attached hydrogen (secondary N) is 2. The molecular formula is C30H30ClN7O2. The smallest absolute Gasteiger partial charge is 0.247 e. The molecule has 9 nitrogen and oxygen atoms in total. The summed E-state index contributed by atoms with van der Waals surface area (Å²) < 4.78 is 0. The Morgan fingerprint density at radius 3 is 2.42 bits per heavy atom. The van der Waals surface area contributed by atoms with E-state index in [1.807, 2.05) is 75.4 Å². The van der Waals surface area contributed by atoms with Crippen LogP contribution in [0, 0.1) is 0 Å². The molecule has 2 amide bonds. The highest BCUT2D eigenvalue weighted by atomic mass is 35.5. The van der Waals surface area contributed by atoms with Gasteiger partial charge in [0.2, 0.25) is 17.6 Å². The Hall–Kier alpha value is -4.50. The van der Waals surface area contributed by atoms with E-state index in [9.17, 15) is 9.59 Å². The number of carbonyl (C=O) groups is 2. The van der Waals surface area contributed by atoms with Gasteiger partial charge in [-0.3, -0.25) is 9.59 Å². The largest absolute Gasteiger partial charge is 0.361 e. The summed E-state index contributed by atoms with van der Waals surface area (Å²) in [4.78, 5) is 34.0. The van der Waals surface area contributed by atoms with Crippen molar-refractivity contribution in [2.45, 2.75) is 45.4 Å². The second kappa shape index (κ2) is 11.3. The number of fused-ring (bicyclic) bond motifs is 1. The van der Waals surface area contributed by atoms with E-state index < -0.39 is 11.6 Å². The maximum Gasteiger partial charge on any atom is 0.247 e. The Labute approximate surface area is 237 Å². The number of benzene rings is 3. The van der Waals surface area contributed by atoms with Crippen LogP contribution in [0.3, 0.4) is 0 Å². The average molecular weight is 556 g/mol. The number of halogens is 1. The summed E-state index contributed by atoms with van der Waals surface area (Å²) in [5, 5.41) is 17.1. The topological polar surface area (TPSA) is 109 Å². The van der Waals surface area contributed by atoms with E-state index >= 15 is 0 Å². The SMILES string of the molecule is CC(C)(C)N(C(=O)Cn1nnc(-c2ccc(Cl)cc2)n1)C(C(=O)NCc1ccccc1)c1c[nH]c2ccccc12. The van der Waals surface area contributed by atoms with Gasteiger partial charge in [0.05, 0.1) is 0 Å². The number of H-pyrrole nitrogens is 1. The molecule has 0 saturated carbocycles. The lowest BCUT2D eigenvalue weighted by Crippen LogP contribution is -2.53. The van der Waals surface area contributed by atoms with Crippen molar-refractivity contribution < 1.29 is 9.59 Å². The molecule has 2 heterocycles. The number of rotatable bonds is 8. The summed E-state index contributed by atoms with van der Waals surface area (Å²) in [5.74, 6) is -0.233. The van der Waals surface area contributed by atoms with Crippen LogP contribution in [-0.2, 0) is 22.7 Å². The molecule has 0 aliphatic rings. The van der Waals surface area contributed by atoms with Gasteiger partial charge in [0.15, 0.2) is 0 Å². The maximum atomic E-state index is 14.0. The van der Waals surface area contributed by atoms with Crippen LogP contribution in [0.2, 0.25) is 5.02 Å². The zero-order valence-electron chi connectivity index (χ0n) is 22.5. The van der Waals surface area contributed by atoms with Gasteiger partial charge in [-0.25, -0.2) is 0 Å². The third-order valence-electron chi connectivity index (χ3n) is 6.56. The first-order chi connectivity index (χ1) is 19.2. The number of hydrogen-bond donors (Lipinski definition) is 2. The van der Waals surface area contributed by atoms with Gasteiger partial charge in [-0.1, -0.05) is 60.1 Å². The number of aromatic amines is 1. The van der Waals surface area contributed by atoms with Crippen LogP contribution in [0.25, 0.3) is 22.3 Å². The molecule has 1 atom stereocenters. The Morgan fingerprint density at radius 1 is 1.00 bits per heavy atom. The molecule has 40 heavy (non-hydrogen) atoms. The van der Waals surface area contributed by atoms with Crippen LogP contribution in [-0.4, -0.2) is 47.4 Å². The number of amides is 2. The highest BCUT2D eigenvalue weighted by molar-refractivity contribution is 6.30. The summed E-state index contributed by atoms with van der Waals surface area (Å²) in [6.45, 7) is 5.86. The van der Waals surface area contributed by atoms with Crippen molar-refractivity contribution >= 4 is 34.3 Å². The highest BCUT2D eigenvalue weighted by Crippen LogP contribution is 2.34. The van der Waals surface area contributed by atoms with Crippen molar-refractivity contribution in [1.82, 2.24) is 35.4 Å². The van der Waals surface area contributed by atoms with E-state index in [2.05, 4.69) is 25.7 Å². The number of nitrogens with zero attached hydrogens (tertiary/aromatic N) is 5. The minimum atomic E-state index is -0.911. The molecule has 3 aromatic carbocycles. The molecule has 0 bridgehead atoms. The van der Waals surface area contributed by atoms with Gasteiger partial charge < -0.3 is 15.2 Å². The van der Waals surface area contributed by atoms with Crippen molar-refractivity contribution in [2.24, 2.45) is 0 Å². The van der Waals surface area contributed by atoms with Crippen molar-refractivity contribution in [3.8, 4) is 11.4 Å². The van der Waals surface area contributed by atoms with Crippen LogP contribution in [0.5, 0.6) is 0 Å². The van der Waals surface area contributed by atoms with E-state index in [0.717, 1.165) is 22.0 Å². The Balaban J connectivity index is 1.48. The molecule has 2 aromatic heterocycles. The molecule has 0 aliphatic carbocycles. The van der Waals surface area contributed by atoms with Gasteiger partial charge in [0.25, 0.3) is 0 Å². The molecule has 10 heteroatoms. The lowest BCUT2D eigenvalue weighted by molar-refractivity contribution is -0.147. The molecule has 0 radical (unpaired) electrons. The number of carbonyl (C=O) groups excluding carboxylic acids is 2. The van der Waals surface area contributed by atoms with Crippen LogP contribution in [0.1, 0.15) is 37.9 Å². The van der Waals surface area contributed by atoms with Crippen LogP contribution in [0.15, 0.2) is 85.1 Å². The fourth-order valence-corrected chi connectivity index (χ4v) is 4.85. The molecule has 0 saturated heterocycles. The molecule has 0 fully saturated rings. The molecule has 204 valence electrons. The van der Waals surface area contributed by atoms with Gasteiger partial charge in [-0.2, -0.15) is 4.80 Å². The fourth-order valence-electron chi connectivity index (χ4n) is 4.73. The van der Waals surface area contributed by atoms with Crippen molar-refractivity contribution in [1.29, 1.82) is 0 Å². The van der Waals surface area contributed by atoms with Gasteiger partial charge >= 0.3 is 0 Å². The third-order valence-corrected chi connectivity index (χ3v) is 6.81. The molecule has 5 rings (SSSR count). The van der Waals surface area contributed by atoms with E-state index in [1.165, 1.54) is 4.80 Å². The van der Waals surface area contributed by atoms with E-state index in [4.69, 9.17) is 11.6 Å². The average Bonchev–Trinajstić information content (AvgIpc) is 3.58. The van der Waals surface area contributed by atoms with E-state index in [0.29, 0.717) is 23.0 Å². The van der Waals surface area contributed by atoms with Crippen LogP contribution in [0.4, 0.5) is 0 Å². The Morgan fingerprint density at radius 2 is 1.70 bits per heavy atom. The normalized spacial score (nSPS) is 12.3. The summed E-state index contributed by atoms with van der Waals surface area (Å²) in [6.07, 6.45) is 1.80. The number of para-hydroxylation sites is 1. The first-order valence-corrected chi connectivity index (χ1v) is 13.3. The van der Waals surface area contributed by atoms with Gasteiger partial charge in [0.1, 0.15) is 12.6 Å². The number of tetrazole rings is 1. The fraction of sp³-hybridized carbons (Fsp3) is 0.233. The van der Waals surface area contributed by atoms with E-state index in [-0.39, 0.29) is 18.4 Å². The summed E-state index contributed by atoms with van der Waals surface area (Å²) in [7, 11) is 0. The van der Waals surface area contributed by atoms with Crippen LogP contribution >= 0.6 is 11.6 Å². The predicted molar refractivity (Wildman–Crippen MR) is 154 cm³/mol. The van der Waals surface area contributed by atoms with Crippen molar-refractivity contribution in [2.75, 3.05) is 0 Å². The van der Waals surface area contributed by atoms with Gasteiger partial charge in [-0.05, 0) is 61.9 Å². The zero-order chi connectivity index (χ0) is 28.3. The predicted octanol–water partition coefficient (Wildman–Crippen LogP) is 5.16. The van der Waals surface area contributed by atoms with Crippen LogP contribution < -0.4 is 5.32 Å². The Kier molecular flexibility index (Phi) is 7.66. The first kappa shape index (κ1) is 27.1. The van der Waals surface area contributed by atoms with E-state index in [1.54, 1.807) is 35.4 Å². The molecule has 1 unspecified atom stereocenters. The number of hydrogen-bond acceptors (Lipinski definition) is 5. The highest BCUT2D eigenvalue weighted by Gasteiger charge is 2.39. The van der Waals surface area contributed by atoms with Crippen molar-refractivity contribution in [3.63, 3.8) is 0 Å². The molecule has 2 N–H and O–H groups in total. The lowest BCUT2D eigenvalue weighted by Gasteiger charge is -2.41. The molecular weight excluding hydrogens is 526 g/mol. The number of aromatic nitrogens is 5. The Bertz CT molecular complexity index is 1620. The van der Waals surface area contributed by atoms with Crippen molar-refractivity contribution in [3.05, 3.63) is 101 Å². The monoisotopic (exact) mass is 555 g/mol. The summed E-state index contributed by atoms with van der Waals surface area (Å²) in [6, 6.07) is 23.5.